The molecule has 1 aromatic rings. The van der Waals surface area contributed by atoms with Crippen molar-refractivity contribution in [1.82, 2.24) is 4.90 Å². The van der Waals surface area contributed by atoms with Gasteiger partial charge in [-0.2, -0.15) is 0 Å². The lowest BCUT2D eigenvalue weighted by molar-refractivity contribution is -0.137. The van der Waals surface area contributed by atoms with Crippen LogP contribution in [0.2, 0.25) is 0 Å². The first kappa shape index (κ1) is 13.1. The molecule has 0 saturated heterocycles. The molecule has 1 aliphatic carbocycles. The second-order valence-corrected chi connectivity index (χ2v) is 5.14. The molecule has 1 saturated carbocycles. The van der Waals surface area contributed by atoms with Crippen molar-refractivity contribution in [1.29, 1.82) is 0 Å². The van der Waals surface area contributed by atoms with Crippen molar-refractivity contribution < 1.29 is 14.3 Å². The van der Waals surface area contributed by atoms with Gasteiger partial charge in [0.2, 0.25) is 0 Å². The molecule has 1 aromatic heterocycles. The molecular formula is C14H21NO3. The number of rotatable bonds is 7. The standard InChI is InChI=1S/C14H21NO3/c1-3-15(7-6-14(16)17)9-11-4-5-13(18-11)12-8-10(12)2/h4-5,10,12H,3,6-9H2,1-2H3,(H,16,17). The summed E-state index contributed by atoms with van der Waals surface area (Å²) in [6.07, 6.45) is 1.41. The quantitative estimate of drug-likeness (QED) is 0.809. The van der Waals surface area contributed by atoms with E-state index in [4.69, 9.17) is 9.52 Å². The number of carbonyl (C=O) groups is 1. The molecule has 0 spiro atoms. The fourth-order valence-corrected chi connectivity index (χ4v) is 2.22. The molecule has 1 heterocycles. The van der Waals surface area contributed by atoms with Crippen LogP contribution in [0.4, 0.5) is 0 Å². The third-order valence-corrected chi connectivity index (χ3v) is 3.63. The normalized spacial score (nSPS) is 22.4. The highest BCUT2D eigenvalue weighted by atomic mass is 16.4. The van der Waals surface area contributed by atoms with E-state index in [-0.39, 0.29) is 6.42 Å². The first-order valence-electron chi connectivity index (χ1n) is 6.63. The van der Waals surface area contributed by atoms with Gasteiger partial charge in [-0.15, -0.1) is 0 Å². The Morgan fingerprint density at radius 1 is 1.56 bits per heavy atom. The minimum Gasteiger partial charge on any atom is -0.481 e. The van der Waals surface area contributed by atoms with Crippen LogP contribution in [0.25, 0.3) is 0 Å². The van der Waals surface area contributed by atoms with Gasteiger partial charge in [0.1, 0.15) is 11.5 Å². The van der Waals surface area contributed by atoms with Crippen LogP contribution in [0.5, 0.6) is 0 Å². The summed E-state index contributed by atoms with van der Waals surface area (Å²) in [4.78, 5) is 12.7. The number of carboxylic acids is 1. The lowest BCUT2D eigenvalue weighted by atomic mass is 10.3. The molecule has 18 heavy (non-hydrogen) atoms. The maximum atomic E-state index is 10.6. The monoisotopic (exact) mass is 251 g/mol. The van der Waals surface area contributed by atoms with Gasteiger partial charge >= 0.3 is 5.97 Å². The molecular weight excluding hydrogens is 230 g/mol. The van der Waals surface area contributed by atoms with E-state index < -0.39 is 5.97 Å². The predicted octanol–water partition coefficient (Wildman–Crippen LogP) is 2.70. The van der Waals surface area contributed by atoms with Crippen molar-refractivity contribution in [2.24, 2.45) is 5.92 Å². The molecule has 2 atom stereocenters. The highest BCUT2D eigenvalue weighted by molar-refractivity contribution is 5.66. The first-order chi connectivity index (χ1) is 8.60. The molecule has 0 radical (unpaired) electrons. The largest absolute Gasteiger partial charge is 0.481 e. The molecule has 0 aliphatic heterocycles. The van der Waals surface area contributed by atoms with Crippen molar-refractivity contribution in [3.05, 3.63) is 23.7 Å². The second kappa shape index (κ2) is 5.57. The highest BCUT2D eigenvalue weighted by Crippen LogP contribution is 2.47. The minimum atomic E-state index is -0.750. The number of furan rings is 1. The van der Waals surface area contributed by atoms with Gasteiger partial charge in [0.25, 0.3) is 0 Å². The zero-order valence-electron chi connectivity index (χ0n) is 11.1. The number of hydrogen-bond acceptors (Lipinski definition) is 3. The average Bonchev–Trinajstić information content (AvgIpc) is 2.89. The summed E-state index contributed by atoms with van der Waals surface area (Å²) < 4.78 is 5.83. The summed E-state index contributed by atoms with van der Waals surface area (Å²) in [5.41, 5.74) is 0. The Kier molecular flexibility index (Phi) is 4.07. The topological polar surface area (TPSA) is 53.7 Å². The number of carboxylic acid groups (broad SMARTS) is 1. The maximum absolute atomic E-state index is 10.6. The third kappa shape index (κ3) is 3.35. The average molecular weight is 251 g/mol. The Balaban J connectivity index is 1.86. The Morgan fingerprint density at radius 2 is 2.28 bits per heavy atom. The van der Waals surface area contributed by atoms with Crippen LogP contribution in [0.15, 0.2) is 16.5 Å². The lowest BCUT2D eigenvalue weighted by Gasteiger charge is -2.17. The highest BCUT2D eigenvalue weighted by Gasteiger charge is 2.36. The molecule has 0 bridgehead atoms. The molecule has 4 heteroatoms. The summed E-state index contributed by atoms with van der Waals surface area (Å²) in [5.74, 6) is 2.63. The zero-order chi connectivity index (χ0) is 13.1. The summed E-state index contributed by atoms with van der Waals surface area (Å²) in [6.45, 7) is 6.38. The Labute approximate surface area is 108 Å². The minimum absolute atomic E-state index is 0.182. The number of aliphatic carboxylic acids is 1. The predicted molar refractivity (Wildman–Crippen MR) is 68.4 cm³/mol. The van der Waals surface area contributed by atoms with Crippen LogP contribution in [0.3, 0.4) is 0 Å². The van der Waals surface area contributed by atoms with E-state index in [0.717, 1.165) is 24.0 Å². The molecule has 1 fully saturated rings. The first-order valence-corrected chi connectivity index (χ1v) is 6.63. The van der Waals surface area contributed by atoms with Crippen LogP contribution in [0, 0.1) is 5.92 Å². The smallest absolute Gasteiger partial charge is 0.304 e. The van der Waals surface area contributed by atoms with Crippen molar-refractivity contribution in [2.75, 3.05) is 13.1 Å². The lowest BCUT2D eigenvalue weighted by Crippen LogP contribution is -2.25. The van der Waals surface area contributed by atoms with Gasteiger partial charge in [0, 0.05) is 12.5 Å². The number of nitrogens with zero attached hydrogens (tertiary/aromatic N) is 1. The molecule has 100 valence electrons. The fourth-order valence-electron chi connectivity index (χ4n) is 2.22. The van der Waals surface area contributed by atoms with Crippen LogP contribution in [0.1, 0.15) is 44.1 Å². The van der Waals surface area contributed by atoms with Crippen molar-refractivity contribution in [2.45, 2.75) is 39.2 Å². The van der Waals surface area contributed by atoms with E-state index in [2.05, 4.69) is 17.9 Å². The van der Waals surface area contributed by atoms with E-state index in [1.54, 1.807) is 0 Å². The molecule has 1 N–H and O–H groups in total. The summed E-state index contributed by atoms with van der Waals surface area (Å²) in [6, 6.07) is 4.08. The molecule has 2 unspecified atom stereocenters. The van der Waals surface area contributed by atoms with Gasteiger partial charge in [-0.25, -0.2) is 0 Å². The number of hydrogen-bond donors (Lipinski definition) is 1. The van der Waals surface area contributed by atoms with Crippen molar-refractivity contribution in [3.8, 4) is 0 Å². The Bertz CT molecular complexity index is 413. The summed E-state index contributed by atoms with van der Waals surface area (Å²) in [7, 11) is 0. The molecule has 2 rings (SSSR count). The van der Waals surface area contributed by atoms with Crippen LogP contribution in [-0.4, -0.2) is 29.1 Å². The maximum Gasteiger partial charge on any atom is 0.304 e. The SMILES string of the molecule is CCN(CCC(=O)O)Cc1ccc(C2CC2C)o1. The van der Waals surface area contributed by atoms with Gasteiger partial charge in [0.15, 0.2) is 0 Å². The van der Waals surface area contributed by atoms with Crippen molar-refractivity contribution in [3.63, 3.8) is 0 Å². The van der Waals surface area contributed by atoms with E-state index in [9.17, 15) is 4.79 Å². The Morgan fingerprint density at radius 3 is 2.83 bits per heavy atom. The summed E-state index contributed by atoms with van der Waals surface area (Å²) >= 11 is 0. The second-order valence-electron chi connectivity index (χ2n) is 5.14. The van der Waals surface area contributed by atoms with E-state index in [1.807, 2.05) is 13.0 Å². The van der Waals surface area contributed by atoms with E-state index >= 15 is 0 Å². The third-order valence-electron chi connectivity index (χ3n) is 3.63. The van der Waals surface area contributed by atoms with Crippen LogP contribution >= 0.6 is 0 Å². The van der Waals surface area contributed by atoms with Crippen LogP contribution < -0.4 is 0 Å². The molecule has 0 aromatic carbocycles. The Hall–Kier alpha value is -1.29. The van der Waals surface area contributed by atoms with Gasteiger partial charge < -0.3 is 9.52 Å². The molecule has 0 amide bonds. The molecule has 4 nitrogen and oxygen atoms in total. The fraction of sp³-hybridized carbons (Fsp3) is 0.643. The van der Waals surface area contributed by atoms with Gasteiger partial charge in [0.05, 0.1) is 13.0 Å². The van der Waals surface area contributed by atoms with Gasteiger partial charge in [-0.1, -0.05) is 13.8 Å². The van der Waals surface area contributed by atoms with Gasteiger partial charge in [-0.3, -0.25) is 9.69 Å². The summed E-state index contributed by atoms with van der Waals surface area (Å²) in [5, 5.41) is 8.69. The zero-order valence-corrected chi connectivity index (χ0v) is 11.1. The van der Waals surface area contributed by atoms with E-state index in [0.29, 0.717) is 19.0 Å². The van der Waals surface area contributed by atoms with E-state index in [1.165, 1.54) is 6.42 Å². The molecule has 1 aliphatic rings. The van der Waals surface area contributed by atoms with Crippen molar-refractivity contribution >= 4 is 5.97 Å². The van der Waals surface area contributed by atoms with Gasteiger partial charge in [-0.05, 0) is 31.0 Å². The van der Waals surface area contributed by atoms with Crippen LogP contribution in [-0.2, 0) is 11.3 Å².